The van der Waals surface area contributed by atoms with Crippen molar-refractivity contribution < 1.29 is 9.53 Å². The van der Waals surface area contributed by atoms with Crippen LogP contribution in [0.25, 0.3) is 21.7 Å². The molecule has 0 saturated carbocycles. The molecule has 3 heterocycles. The normalized spacial score (nSPS) is 11.0. The average Bonchev–Trinajstić information content (AvgIpc) is 3.41. The zero-order valence-corrected chi connectivity index (χ0v) is 15.8. The summed E-state index contributed by atoms with van der Waals surface area (Å²) in [5.41, 5.74) is 2.92. The van der Waals surface area contributed by atoms with Crippen LogP contribution in [0.15, 0.2) is 42.2 Å². The van der Waals surface area contributed by atoms with E-state index in [4.69, 9.17) is 4.74 Å². The van der Waals surface area contributed by atoms with Gasteiger partial charge in [0.1, 0.15) is 22.6 Å². The number of ether oxygens (including phenoxy) is 1. The van der Waals surface area contributed by atoms with Crippen LogP contribution in [0.5, 0.6) is 5.75 Å². The summed E-state index contributed by atoms with van der Waals surface area (Å²) in [6.07, 6.45) is 4.27. The summed E-state index contributed by atoms with van der Waals surface area (Å²) >= 11 is 1.59. The Morgan fingerprint density at radius 3 is 2.96 bits per heavy atom. The molecule has 4 rings (SSSR count). The van der Waals surface area contributed by atoms with Gasteiger partial charge < -0.3 is 19.6 Å². The molecule has 3 aromatic heterocycles. The van der Waals surface area contributed by atoms with Crippen molar-refractivity contribution in [3.05, 3.63) is 53.4 Å². The number of benzene rings is 1. The van der Waals surface area contributed by atoms with Crippen LogP contribution in [0.1, 0.15) is 16.1 Å². The summed E-state index contributed by atoms with van der Waals surface area (Å²) in [4.78, 5) is 25.8. The van der Waals surface area contributed by atoms with Crippen molar-refractivity contribution >= 4 is 28.3 Å². The molecule has 0 atom stereocenters. The number of aromatic nitrogens is 4. The van der Waals surface area contributed by atoms with E-state index in [0.717, 1.165) is 21.9 Å². The van der Waals surface area contributed by atoms with Gasteiger partial charge in [0.2, 0.25) is 0 Å². The number of nitrogens with zero attached hydrogens (tertiary/aromatic N) is 3. The van der Waals surface area contributed by atoms with Gasteiger partial charge in [0.25, 0.3) is 5.91 Å². The average molecular weight is 381 g/mol. The van der Waals surface area contributed by atoms with Gasteiger partial charge in [-0.15, -0.1) is 11.3 Å². The first-order valence-corrected chi connectivity index (χ1v) is 9.39. The lowest BCUT2D eigenvalue weighted by Crippen LogP contribution is -2.26. The summed E-state index contributed by atoms with van der Waals surface area (Å²) < 4.78 is 7.37. The van der Waals surface area contributed by atoms with Crippen molar-refractivity contribution in [2.24, 2.45) is 7.05 Å². The third-order valence-electron chi connectivity index (χ3n) is 4.41. The van der Waals surface area contributed by atoms with Crippen molar-refractivity contribution in [3.8, 4) is 16.5 Å². The molecule has 0 saturated heterocycles. The molecule has 27 heavy (non-hydrogen) atoms. The van der Waals surface area contributed by atoms with Crippen molar-refractivity contribution in [2.45, 2.75) is 6.42 Å². The molecule has 0 bridgehead atoms. The van der Waals surface area contributed by atoms with E-state index in [2.05, 4.69) is 20.3 Å². The number of methoxy groups -OCH3 is 1. The van der Waals surface area contributed by atoms with Crippen molar-refractivity contribution in [2.75, 3.05) is 13.7 Å². The first-order chi connectivity index (χ1) is 13.2. The van der Waals surface area contributed by atoms with Crippen LogP contribution in [0.2, 0.25) is 0 Å². The molecule has 4 aromatic rings. The highest BCUT2D eigenvalue weighted by Crippen LogP contribution is 2.31. The molecule has 0 spiro atoms. The lowest BCUT2D eigenvalue weighted by atomic mass is 10.1. The molecule has 0 aliphatic carbocycles. The van der Waals surface area contributed by atoms with Gasteiger partial charge in [-0.25, -0.2) is 9.97 Å². The largest absolute Gasteiger partial charge is 0.494 e. The number of amides is 1. The van der Waals surface area contributed by atoms with Gasteiger partial charge in [-0.05, 0) is 23.6 Å². The molecule has 2 N–H and O–H groups in total. The van der Waals surface area contributed by atoms with Crippen LogP contribution in [-0.2, 0) is 13.5 Å². The summed E-state index contributed by atoms with van der Waals surface area (Å²) in [6, 6.07) is 7.49. The smallest absolute Gasteiger partial charge is 0.253 e. The number of hydrogen-bond acceptors (Lipinski definition) is 5. The Balaban J connectivity index is 1.60. The van der Waals surface area contributed by atoms with E-state index in [0.29, 0.717) is 29.8 Å². The fourth-order valence-corrected chi connectivity index (χ4v) is 3.65. The first-order valence-electron chi connectivity index (χ1n) is 8.51. The second-order valence-electron chi connectivity index (χ2n) is 6.10. The van der Waals surface area contributed by atoms with Crippen LogP contribution in [0, 0.1) is 0 Å². The van der Waals surface area contributed by atoms with Crippen LogP contribution < -0.4 is 10.1 Å². The monoisotopic (exact) mass is 381 g/mol. The Bertz CT molecular complexity index is 1080. The highest BCUT2D eigenvalue weighted by atomic mass is 32.1. The number of thiophene rings is 1. The zero-order valence-electron chi connectivity index (χ0n) is 15.0. The number of nitrogens with one attached hydrogen (secondary N) is 2. The molecule has 0 aliphatic heterocycles. The maximum absolute atomic E-state index is 12.7. The second-order valence-corrected chi connectivity index (χ2v) is 7.05. The van der Waals surface area contributed by atoms with E-state index in [1.165, 1.54) is 0 Å². The summed E-state index contributed by atoms with van der Waals surface area (Å²) in [6.45, 7) is 0.522. The van der Waals surface area contributed by atoms with Gasteiger partial charge >= 0.3 is 0 Å². The molecule has 1 amide bonds. The number of H-pyrrole nitrogens is 1. The van der Waals surface area contributed by atoms with Gasteiger partial charge in [0.05, 0.1) is 23.9 Å². The maximum atomic E-state index is 12.7. The fourth-order valence-electron chi connectivity index (χ4n) is 2.98. The van der Waals surface area contributed by atoms with Gasteiger partial charge in [-0.3, -0.25) is 4.79 Å². The topological polar surface area (TPSA) is 84.8 Å². The molecule has 138 valence electrons. The Kier molecular flexibility index (Phi) is 4.64. The molecule has 0 unspecified atom stereocenters. The first kappa shape index (κ1) is 17.3. The number of hydrogen-bond donors (Lipinski definition) is 2. The van der Waals surface area contributed by atoms with Gasteiger partial charge in [0, 0.05) is 31.9 Å². The summed E-state index contributed by atoms with van der Waals surface area (Å²) in [7, 11) is 3.54. The number of aromatic amines is 1. The number of carbonyl (C=O) groups is 1. The van der Waals surface area contributed by atoms with Crippen molar-refractivity contribution in [3.63, 3.8) is 0 Å². The van der Waals surface area contributed by atoms with Crippen LogP contribution in [0.4, 0.5) is 0 Å². The van der Waals surface area contributed by atoms with Crippen LogP contribution in [0.3, 0.4) is 0 Å². The summed E-state index contributed by atoms with van der Waals surface area (Å²) in [5, 5.41) is 4.96. The van der Waals surface area contributed by atoms with E-state index in [1.807, 2.05) is 29.1 Å². The number of imidazole rings is 2. The Morgan fingerprint density at radius 1 is 1.37 bits per heavy atom. The zero-order chi connectivity index (χ0) is 18.8. The molecular formula is C19H19N5O2S. The molecular weight excluding hydrogens is 362 g/mol. The quantitative estimate of drug-likeness (QED) is 0.538. The van der Waals surface area contributed by atoms with Gasteiger partial charge in [-0.1, -0.05) is 6.07 Å². The number of carbonyl (C=O) groups excluding carboxylic acids is 1. The van der Waals surface area contributed by atoms with Gasteiger partial charge in [0.15, 0.2) is 0 Å². The molecule has 0 fully saturated rings. The van der Waals surface area contributed by atoms with Crippen LogP contribution in [-0.4, -0.2) is 39.1 Å². The Labute approximate surface area is 160 Å². The number of fused-ring (bicyclic) bond motifs is 1. The van der Waals surface area contributed by atoms with E-state index >= 15 is 0 Å². The van der Waals surface area contributed by atoms with E-state index in [1.54, 1.807) is 43.1 Å². The number of aryl methyl sites for hydroxylation is 1. The third-order valence-corrected chi connectivity index (χ3v) is 5.29. The number of rotatable bonds is 6. The lowest BCUT2D eigenvalue weighted by molar-refractivity contribution is 0.0955. The molecule has 0 aliphatic rings. The third kappa shape index (κ3) is 3.31. The minimum atomic E-state index is -0.158. The molecule has 8 heteroatoms. The minimum Gasteiger partial charge on any atom is -0.494 e. The highest BCUT2D eigenvalue weighted by molar-refractivity contribution is 7.13. The van der Waals surface area contributed by atoms with Crippen molar-refractivity contribution in [1.29, 1.82) is 0 Å². The van der Waals surface area contributed by atoms with E-state index < -0.39 is 0 Å². The van der Waals surface area contributed by atoms with Crippen LogP contribution >= 0.6 is 11.3 Å². The predicted molar refractivity (Wildman–Crippen MR) is 105 cm³/mol. The molecule has 0 radical (unpaired) electrons. The Morgan fingerprint density at radius 2 is 2.26 bits per heavy atom. The molecule has 1 aromatic carbocycles. The highest BCUT2D eigenvalue weighted by Gasteiger charge is 2.18. The minimum absolute atomic E-state index is 0.158. The van der Waals surface area contributed by atoms with E-state index in [-0.39, 0.29) is 5.91 Å². The fraction of sp³-hybridized carbons (Fsp3) is 0.211. The van der Waals surface area contributed by atoms with Crippen molar-refractivity contribution in [1.82, 2.24) is 24.8 Å². The summed E-state index contributed by atoms with van der Waals surface area (Å²) in [5.74, 6) is 1.23. The Hall–Kier alpha value is -3.13. The second kappa shape index (κ2) is 7.24. The molecule has 7 nitrogen and oxygen atoms in total. The SMILES string of the molecule is COc1ccc(C(=O)NCCc2cncn2C)c2nc(-c3cccs3)[nH]c12. The van der Waals surface area contributed by atoms with Gasteiger partial charge in [-0.2, -0.15) is 0 Å². The standard InChI is InChI=1S/C19H19N5O2S/c1-24-11-20-10-12(24)7-8-21-19(25)13-5-6-14(26-2)17-16(13)22-18(23-17)15-4-3-9-27-15/h3-6,9-11H,7-8H2,1-2H3,(H,21,25)(H,22,23). The predicted octanol–water partition coefficient (Wildman–Crippen LogP) is 3.01. The maximum Gasteiger partial charge on any atom is 0.253 e. The lowest BCUT2D eigenvalue weighted by Gasteiger charge is -2.08. The van der Waals surface area contributed by atoms with E-state index in [9.17, 15) is 4.79 Å².